The number of rotatable bonds is 6. The summed E-state index contributed by atoms with van der Waals surface area (Å²) in [7, 11) is -7.34. The van der Waals surface area contributed by atoms with E-state index in [1.165, 1.54) is 43.7 Å². The van der Waals surface area contributed by atoms with Crippen molar-refractivity contribution in [3.63, 3.8) is 0 Å². The molecule has 0 saturated carbocycles. The lowest BCUT2D eigenvalue weighted by Gasteiger charge is -2.23. The van der Waals surface area contributed by atoms with Crippen molar-refractivity contribution in [3.8, 4) is 16.8 Å². The normalized spacial score (nSPS) is 12.0. The lowest BCUT2D eigenvalue weighted by atomic mass is 10.1. The van der Waals surface area contributed by atoms with Gasteiger partial charge in [0.15, 0.2) is 0 Å². The monoisotopic (exact) mass is 536 g/mol. The van der Waals surface area contributed by atoms with Crippen LogP contribution >= 0.6 is 23.2 Å². The van der Waals surface area contributed by atoms with Crippen LogP contribution in [-0.4, -0.2) is 33.7 Å². The number of sulfonamides is 2. The molecule has 0 unspecified atom stereocenters. The SMILES string of the molecule is CN(c1cccc(Cl)c1)S(=O)(=O)c1cc(-c2ccc(Cl)cc2)cc(S(N)(=O)=O)c1-n1cccn1. The minimum absolute atomic E-state index is 0.195. The van der Waals surface area contributed by atoms with Crippen LogP contribution < -0.4 is 9.44 Å². The third-order valence-corrected chi connectivity index (χ3v) is 8.28. The average molecular weight is 537 g/mol. The molecule has 1 aromatic heterocycles. The molecule has 4 aromatic rings. The molecule has 1 heterocycles. The second-order valence-electron chi connectivity index (χ2n) is 7.28. The number of hydrogen-bond donors (Lipinski definition) is 1. The van der Waals surface area contributed by atoms with E-state index in [1.807, 2.05) is 0 Å². The summed E-state index contributed by atoms with van der Waals surface area (Å²) < 4.78 is 55.2. The van der Waals surface area contributed by atoms with Crippen LogP contribution in [-0.2, 0) is 20.0 Å². The third-order valence-electron chi connectivity index (χ3n) is 5.07. The molecule has 0 atom stereocenters. The fraction of sp³-hybridized carbons (Fsp3) is 0.0455. The number of aromatic nitrogens is 2. The average Bonchev–Trinajstić information content (AvgIpc) is 3.32. The quantitative estimate of drug-likeness (QED) is 0.394. The van der Waals surface area contributed by atoms with E-state index in [0.717, 1.165) is 8.99 Å². The lowest BCUT2D eigenvalue weighted by molar-refractivity contribution is 0.591. The van der Waals surface area contributed by atoms with Crippen molar-refractivity contribution >= 4 is 48.9 Å². The zero-order valence-corrected chi connectivity index (χ0v) is 20.8. The zero-order valence-electron chi connectivity index (χ0n) is 17.6. The summed E-state index contributed by atoms with van der Waals surface area (Å²) in [5.74, 6) is 0. The maximum absolute atomic E-state index is 13.9. The van der Waals surface area contributed by atoms with Crippen molar-refractivity contribution in [1.29, 1.82) is 0 Å². The van der Waals surface area contributed by atoms with Crippen LogP contribution in [0.5, 0.6) is 0 Å². The molecule has 0 amide bonds. The first-order chi connectivity index (χ1) is 16.0. The van der Waals surface area contributed by atoms with Crippen LogP contribution in [0.25, 0.3) is 16.8 Å². The molecule has 0 aliphatic heterocycles. The molecule has 176 valence electrons. The Morgan fingerprint density at radius 2 is 1.53 bits per heavy atom. The van der Waals surface area contributed by atoms with E-state index < -0.39 is 24.9 Å². The summed E-state index contributed by atoms with van der Waals surface area (Å²) in [6.45, 7) is 0. The molecule has 0 bridgehead atoms. The van der Waals surface area contributed by atoms with Gasteiger partial charge in [0.1, 0.15) is 15.5 Å². The van der Waals surface area contributed by atoms with E-state index in [2.05, 4.69) is 5.10 Å². The van der Waals surface area contributed by atoms with Crippen LogP contribution in [0.4, 0.5) is 5.69 Å². The highest BCUT2D eigenvalue weighted by Gasteiger charge is 2.31. The van der Waals surface area contributed by atoms with Crippen molar-refractivity contribution in [2.75, 3.05) is 11.4 Å². The van der Waals surface area contributed by atoms with Gasteiger partial charge in [0.2, 0.25) is 10.0 Å². The number of primary sulfonamides is 1. The van der Waals surface area contributed by atoms with Crippen LogP contribution in [0, 0.1) is 0 Å². The fourth-order valence-corrected chi connectivity index (χ4v) is 5.94. The Kier molecular flexibility index (Phi) is 6.45. The first kappa shape index (κ1) is 24.2. The molecule has 2 N–H and O–H groups in total. The number of benzene rings is 3. The van der Waals surface area contributed by atoms with Gasteiger partial charge in [0.05, 0.1) is 5.69 Å². The van der Waals surface area contributed by atoms with E-state index in [0.29, 0.717) is 21.2 Å². The molecule has 0 aliphatic carbocycles. The molecule has 0 radical (unpaired) electrons. The third kappa shape index (κ3) is 4.68. The molecular formula is C22H18Cl2N4O4S2. The van der Waals surface area contributed by atoms with Gasteiger partial charge in [0, 0.05) is 29.5 Å². The first-order valence-electron chi connectivity index (χ1n) is 9.70. The Bertz CT molecular complexity index is 1570. The van der Waals surface area contributed by atoms with Gasteiger partial charge in [-0.05, 0) is 59.7 Å². The predicted octanol–water partition coefficient (Wildman–Crippen LogP) is 4.32. The Morgan fingerprint density at radius 1 is 0.853 bits per heavy atom. The molecule has 8 nitrogen and oxygen atoms in total. The summed E-state index contributed by atoms with van der Waals surface area (Å²) in [4.78, 5) is -0.711. The van der Waals surface area contributed by atoms with Gasteiger partial charge in [-0.25, -0.2) is 26.7 Å². The van der Waals surface area contributed by atoms with Gasteiger partial charge in [-0.2, -0.15) is 5.10 Å². The number of halogens is 2. The topological polar surface area (TPSA) is 115 Å². The number of nitrogens with two attached hydrogens (primary N) is 1. The molecule has 3 aromatic carbocycles. The molecule has 4 rings (SSSR count). The zero-order chi connectivity index (χ0) is 24.7. The highest BCUT2D eigenvalue weighted by atomic mass is 35.5. The van der Waals surface area contributed by atoms with E-state index in [-0.39, 0.29) is 16.3 Å². The van der Waals surface area contributed by atoms with Crippen molar-refractivity contribution in [3.05, 3.63) is 89.2 Å². The standard InChI is InChI=1S/C22H18Cl2N4O4S2/c1-27(19-5-2-4-18(24)14-19)34(31,32)21-13-16(15-6-8-17(23)9-7-15)12-20(33(25,29)30)22(21)28-11-3-10-26-28/h2-14H,1H3,(H2,25,29,30). The van der Waals surface area contributed by atoms with Crippen molar-refractivity contribution in [2.24, 2.45) is 5.14 Å². The van der Waals surface area contributed by atoms with Crippen LogP contribution in [0.3, 0.4) is 0 Å². The van der Waals surface area contributed by atoms with Gasteiger partial charge in [-0.1, -0.05) is 41.4 Å². The van der Waals surface area contributed by atoms with Gasteiger partial charge in [-0.15, -0.1) is 0 Å². The number of hydrogen-bond acceptors (Lipinski definition) is 5. The smallest absolute Gasteiger partial charge is 0.266 e. The van der Waals surface area contributed by atoms with Crippen molar-refractivity contribution < 1.29 is 16.8 Å². The summed E-state index contributed by atoms with van der Waals surface area (Å²) in [5.41, 5.74) is 0.949. The Balaban J connectivity index is 2.07. The fourth-order valence-electron chi connectivity index (χ4n) is 3.39. The molecule has 12 heteroatoms. The largest absolute Gasteiger partial charge is 0.269 e. The first-order valence-corrected chi connectivity index (χ1v) is 13.4. The minimum atomic E-state index is -4.37. The summed E-state index contributed by atoms with van der Waals surface area (Å²) in [6, 6.07) is 17.0. The van der Waals surface area contributed by atoms with Gasteiger partial charge in [0.25, 0.3) is 10.0 Å². The molecule has 0 spiro atoms. The molecule has 34 heavy (non-hydrogen) atoms. The van der Waals surface area contributed by atoms with Crippen LogP contribution in [0.2, 0.25) is 10.0 Å². The predicted molar refractivity (Wildman–Crippen MR) is 132 cm³/mol. The number of nitrogens with zero attached hydrogens (tertiary/aromatic N) is 3. The maximum Gasteiger partial charge on any atom is 0.266 e. The Morgan fingerprint density at radius 3 is 2.12 bits per heavy atom. The molecule has 0 fully saturated rings. The minimum Gasteiger partial charge on any atom is -0.269 e. The Labute approximate surface area is 207 Å². The van der Waals surface area contributed by atoms with Crippen molar-refractivity contribution in [2.45, 2.75) is 9.79 Å². The molecule has 0 aliphatic rings. The second-order valence-corrected chi connectivity index (χ2v) is 11.6. The second kappa shape index (κ2) is 9.05. The summed E-state index contributed by atoms with van der Waals surface area (Å²) >= 11 is 12.0. The van der Waals surface area contributed by atoms with E-state index >= 15 is 0 Å². The maximum atomic E-state index is 13.9. The van der Waals surface area contributed by atoms with Gasteiger partial charge >= 0.3 is 0 Å². The molecular weight excluding hydrogens is 519 g/mol. The Hall–Kier alpha value is -2.89. The lowest BCUT2D eigenvalue weighted by Crippen LogP contribution is -2.29. The van der Waals surface area contributed by atoms with Gasteiger partial charge < -0.3 is 0 Å². The van der Waals surface area contributed by atoms with Crippen LogP contribution in [0.1, 0.15) is 0 Å². The van der Waals surface area contributed by atoms with E-state index in [9.17, 15) is 16.8 Å². The summed E-state index contributed by atoms with van der Waals surface area (Å²) in [5, 5.41) is 10.4. The molecule has 0 saturated heterocycles. The van der Waals surface area contributed by atoms with Gasteiger partial charge in [-0.3, -0.25) is 4.31 Å². The number of anilines is 1. The highest BCUT2D eigenvalue weighted by Crippen LogP contribution is 2.36. The van der Waals surface area contributed by atoms with E-state index in [4.69, 9.17) is 28.3 Å². The van der Waals surface area contributed by atoms with Crippen molar-refractivity contribution in [1.82, 2.24) is 9.78 Å². The van der Waals surface area contributed by atoms with E-state index in [1.54, 1.807) is 42.5 Å². The van der Waals surface area contributed by atoms with Crippen LogP contribution in [0.15, 0.2) is 88.9 Å². The summed E-state index contributed by atoms with van der Waals surface area (Å²) in [6.07, 6.45) is 2.83. The highest BCUT2D eigenvalue weighted by molar-refractivity contribution is 7.93.